The Bertz CT molecular complexity index is 588. The Kier molecular flexibility index (Phi) is 5.86. The van der Waals surface area contributed by atoms with Crippen LogP contribution in [0.25, 0.3) is 0 Å². The van der Waals surface area contributed by atoms with Crippen molar-refractivity contribution < 1.29 is 4.74 Å². The van der Waals surface area contributed by atoms with Crippen LogP contribution in [-0.2, 0) is 0 Å². The summed E-state index contributed by atoms with van der Waals surface area (Å²) in [6.07, 6.45) is 0. The van der Waals surface area contributed by atoms with Crippen molar-refractivity contribution in [3.8, 4) is 5.75 Å². The van der Waals surface area contributed by atoms with Gasteiger partial charge in [0.25, 0.3) is 0 Å². The van der Waals surface area contributed by atoms with E-state index < -0.39 is 0 Å². The fourth-order valence-electron chi connectivity index (χ4n) is 2.19. The van der Waals surface area contributed by atoms with Gasteiger partial charge in [0, 0.05) is 8.04 Å². The highest BCUT2D eigenvalue weighted by Crippen LogP contribution is 2.33. The van der Waals surface area contributed by atoms with Gasteiger partial charge in [0.1, 0.15) is 5.75 Å². The lowest BCUT2D eigenvalue weighted by molar-refractivity contribution is 0.340. The highest BCUT2D eigenvalue weighted by Gasteiger charge is 2.17. The molecule has 1 unspecified atom stereocenters. The summed E-state index contributed by atoms with van der Waals surface area (Å²) in [5, 5.41) is 3.39. The molecule has 0 spiro atoms. The molecular weight excluding hydrogens is 429 g/mol. The minimum Gasteiger partial charge on any atom is -0.494 e. The highest BCUT2D eigenvalue weighted by atomic mass is 127. The van der Waals surface area contributed by atoms with Crippen molar-refractivity contribution in [3.63, 3.8) is 0 Å². The SMILES string of the molecule is CCOc1ccc(C(NC)c2ccccc2I)c(Br)c1. The van der Waals surface area contributed by atoms with Crippen LogP contribution in [0.3, 0.4) is 0 Å². The Morgan fingerprint density at radius 2 is 1.95 bits per heavy atom. The monoisotopic (exact) mass is 445 g/mol. The van der Waals surface area contributed by atoms with Gasteiger partial charge < -0.3 is 10.1 Å². The average Bonchev–Trinajstić information content (AvgIpc) is 2.44. The molecule has 20 heavy (non-hydrogen) atoms. The fourth-order valence-corrected chi connectivity index (χ4v) is 3.47. The minimum absolute atomic E-state index is 0.160. The molecule has 0 fully saturated rings. The Hall–Kier alpha value is -0.590. The molecule has 0 amide bonds. The molecule has 0 bridgehead atoms. The molecule has 0 aliphatic heterocycles. The number of benzene rings is 2. The molecule has 0 aromatic heterocycles. The Labute approximate surface area is 142 Å². The Balaban J connectivity index is 2.40. The highest BCUT2D eigenvalue weighted by molar-refractivity contribution is 14.1. The van der Waals surface area contributed by atoms with Gasteiger partial charge in [-0.25, -0.2) is 0 Å². The van der Waals surface area contributed by atoms with Gasteiger partial charge in [-0.1, -0.05) is 40.2 Å². The van der Waals surface area contributed by atoms with E-state index in [0.29, 0.717) is 6.61 Å². The van der Waals surface area contributed by atoms with Crippen LogP contribution in [0.5, 0.6) is 5.75 Å². The summed E-state index contributed by atoms with van der Waals surface area (Å²) in [6, 6.07) is 14.7. The molecular formula is C16H17BrINO. The van der Waals surface area contributed by atoms with Crippen LogP contribution in [0.1, 0.15) is 24.1 Å². The maximum Gasteiger partial charge on any atom is 0.120 e. The van der Waals surface area contributed by atoms with E-state index in [2.05, 4.69) is 74.2 Å². The summed E-state index contributed by atoms with van der Waals surface area (Å²) >= 11 is 6.04. The van der Waals surface area contributed by atoms with Gasteiger partial charge >= 0.3 is 0 Å². The maximum absolute atomic E-state index is 5.53. The van der Waals surface area contributed by atoms with E-state index in [-0.39, 0.29) is 6.04 Å². The largest absolute Gasteiger partial charge is 0.494 e. The van der Waals surface area contributed by atoms with Crippen LogP contribution in [-0.4, -0.2) is 13.7 Å². The molecule has 2 nitrogen and oxygen atoms in total. The van der Waals surface area contributed by atoms with E-state index in [9.17, 15) is 0 Å². The zero-order chi connectivity index (χ0) is 14.5. The van der Waals surface area contributed by atoms with Crippen molar-refractivity contribution in [1.29, 1.82) is 0 Å². The third-order valence-electron chi connectivity index (χ3n) is 3.10. The van der Waals surface area contributed by atoms with Gasteiger partial charge in [0.15, 0.2) is 0 Å². The quantitative estimate of drug-likeness (QED) is 0.670. The molecule has 0 saturated carbocycles. The van der Waals surface area contributed by atoms with E-state index in [1.165, 1.54) is 14.7 Å². The average molecular weight is 446 g/mol. The zero-order valence-corrected chi connectivity index (χ0v) is 15.2. The number of halogens is 2. The lowest BCUT2D eigenvalue weighted by atomic mass is 9.99. The molecule has 4 heteroatoms. The summed E-state index contributed by atoms with van der Waals surface area (Å²) in [7, 11) is 1.98. The van der Waals surface area contributed by atoms with Crippen LogP contribution in [0.4, 0.5) is 0 Å². The predicted molar refractivity (Wildman–Crippen MR) is 95.4 cm³/mol. The summed E-state index contributed by atoms with van der Waals surface area (Å²) in [6.45, 7) is 2.67. The number of hydrogen-bond acceptors (Lipinski definition) is 2. The zero-order valence-electron chi connectivity index (χ0n) is 11.5. The summed E-state index contributed by atoms with van der Waals surface area (Å²) in [5.41, 5.74) is 2.49. The molecule has 1 atom stereocenters. The second kappa shape index (κ2) is 7.43. The molecule has 0 aliphatic carbocycles. The molecule has 2 rings (SSSR count). The second-order valence-electron chi connectivity index (χ2n) is 4.36. The van der Waals surface area contributed by atoms with Crippen molar-refractivity contribution in [3.05, 3.63) is 61.6 Å². The summed E-state index contributed by atoms with van der Waals surface area (Å²) in [4.78, 5) is 0. The van der Waals surface area contributed by atoms with Crippen molar-refractivity contribution in [2.75, 3.05) is 13.7 Å². The first-order valence-electron chi connectivity index (χ1n) is 6.51. The van der Waals surface area contributed by atoms with Crippen LogP contribution in [0, 0.1) is 3.57 Å². The fraction of sp³-hybridized carbons (Fsp3) is 0.250. The molecule has 0 saturated heterocycles. The lowest BCUT2D eigenvalue weighted by Crippen LogP contribution is -2.19. The molecule has 1 N–H and O–H groups in total. The van der Waals surface area contributed by atoms with Crippen molar-refractivity contribution in [2.24, 2.45) is 0 Å². The third kappa shape index (κ3) is 3.54. The number of hydrogen-bond donors (Lipinski definition) is 1. The number of ether oxygens (including phenoxy) is 1. The Morgan fingerprint density at radius 1 is 1.20 bits per heavy atom. The van der Waals surface area contributed by atoms with Crippen molar-refractivity contribution in [2.45, 2.75) is 13.0 Å². The van der Waals surface area contributed by atoms with Gasteiger partial charge in [0.2, 0.25) is 0 Å². The maximum atomic E-state index is 5.53. The van der Waals surface area contributed by atoms with Crippen LogP contribution in [0.2, 0.25) is 0 Å². The van der Waals surface area contributed by atoms with E-state index in [1.54, 1.807) is 0 Å². The van der Waals surface area contributed by atoms with Gasteiger partial charge in [0.05, 0.1) is 12.6 Å². The predicted octanol–water partition coefficient (Wildman–Crippen LogP) is 4.76. The van der Waals surface area contributed by atoms with Crippen LogP contribution < -0.4 is 10.1 Å². The standard InChI is InChI=1S/C16H17BrINO/c1-3-20-11-8-9-12(14(17)10-11)16(19-2)13-6-4-5-7-15(13)18/h4-10,16,19H,3H2,1-2H3. The first-order valence-corrected chi connectivity index (χ1v) is 8.38. The number of rotatable bonds is 5. The summed E-state index contributed by atoms with van der Waals surface area (Å²) < 4.78 is 7.85. The topological polar surface area (TPSA) is 21.3 Å². The minimum atomic E-state index is 0.160. The van der Waals surface area contributed by atoms with Gasteiger partial charge in [-0.2, -0.15) is 0 Å². The molecule has 2 aromatic rings. The van der Waals surface area contributed by atoms with Crippen molar-refractivity contribution in [1.82, 2.24) is 5.32 Å². The van der Waals surface area contributed by atoms with E-state index in [0.717, 1.165) is 10.2 Å². The van der Waals surface area contributed by atoms with E-state index in [1.807, 2.05) is 26.1 Å². The molecule has 2 aromatic carbocycles. The van der Waals surface area contributed by atoms with Crippen LogP contribution in [0.15, 0.2) is 46.9 Å². The van der Waals surface area contributed by atoms with E-state index in [4.69, 9.17) is 4.74 Å². The second-order valence-corrected chi connectivity index (χ2v) is 6.38. The molecule has 0 heterocycles. The summed E-state index contributed by atoms with van der Waals surface area (Å²) in [5.74, 6) is 0.890. The van der Waals surface area contributed by atoms with Gasteiger partial charge in [-0.05, 0) is 65.9 Å². The van der Waals surface area contributed by atoms with Crippen LogP contribution >= 0.6 is 38.5 Å². The third-order valence-corrected chi connectivity index (χ3v) is 4.77. The first-order chi connectivity index (χ1) is 9.67. The lowest BCUT2D eigenvalue weighted by Gasteiger charge is -2.20. The smallest absolute Gasteiger partial charge is 0.120 e. The molecule has 106 valence electrons. The van der Waals surface area contributed by atoms with Crippen molar-refractivity contribution >= 4 is 38.5 Å². The first kappa shape index (κ1) is 15.8. The Morgan fingerprint density at radius 3 is 2.55 bits per heavy atom. The normalized spacial score (nSPS) is 12.2. The van der Waals surface area contributed by atoms with E-state index >= 15 is 0 Å². The molecule has 0 radical (unpaired) electrons. The van der Waals surface area contributed by atoms with Gasteiger partial charge in [-0.15, -0.1) is 0 Å². The van der Waals surface area contributed by atoms with Gasteiger partial charge in [-0.3, -0.25) is 0 Å². The molecule has 0 aliphatic rings. The number of nitrogens with one attached hydrogen (secondary N) is 1.